The summed E-state index contributed by atoms with van der Waals surface area (Å²) in [6.07, 6.45) is 4.36. The summed E-state index contributed by atoms with van der Waals surface area (Å²) in [5.74, 6) is 2.55. The first kappa shape index (κ1) is 12.7. The molecule has 1 rings (SSSR count). The number of alkyl halides is 2. The fourth-order valence-electron chi connectivity index (χ4n) is 1.39. The highest BCUT2D eigenvalue weighted by Gasteiger charge is 2.06. The molecule has 0 unspecified atom stereocenters. The average Bonchev–Trinajstić information content (AvgIpc) is 2.29. The van der Waals surface area contributed by atoms with Crippen molar-refractivity contribution in [2.45, 2.75) is 25.8 Å². The van der Waals surface area contributed by atoms with E-state index in [-0.39, 0.29) is 5.56 Å². The summed E-state index contributed by atoms with van der Waals surface area (Å²) < 4.78 is 24.8. The number of hydrogen-bond acceptors (Lipinski definition) is 1. The average molecular weight is 223 g/mol. The lowest BCUT2D eigenvalue weighted by molar-refractivity contribution is 0.151. The predicted octanol–water partition coefficient (Wildman–Crippen LogP) is 3.13. The van der Waals surface area contributed by atoms with Crippen LogP contribution in [0.1, 0.15) is 30.4 Å². The smallest absolute Gasteiger partial charge is 0.263 e. The van der Waals surface area contributed by atoms with Crippen molar-refractivity contribution in [1.29, 1.82) is 0 Å². The van der Waals surface area contributed by atoms with Crippen molar-refractivity contribution < 1.29 is 8.78 Å². The number of benzene rings is 1. The summed E-state index contributed by atoms with van der Waals surface area (Å²) in [6, 6.07) is 6.45. The lowest BCUT2D eigenvalue weighted by Crippen LogP contribution is -2.14. The number of rotatable bonds is 6. The van der Waals surface area contributed by atoms with Gasteiger partial charge in [0.05, 0.1) is 0 Å². The largest absolute Gasteiger partial charge is 0.313 e. The van der Waals surface area contributed by atoms with Crippen molar-refractivity contribution in [2.24, 2.45) is 0 Å². The van der Waals surface area contributed by atoms with E-state index in [4.69, 9.17) is 6.42 Å². The molecular weight excluding hydrogens is 208 g/mol. The van der Waals surface area contributed by atoms with Crippen LogP contribution in [0.25, 0.3) is 0 Å². The monoisotopic (exact) mass is 223 g/mol. The van der Waals surface area contributed by atoms with Crippen LogP contribution in [0.2, 0.25) is 0 Å². The van der Waals surface area contributed by atoms with Crippen LogP contribution in [0.3, 0.4) is 0 Å². The van der Waals surface area contributed by atoms with Gasteiger partial charge in [-0.15, -0.1) is 12.3 Å². The van der Waals surface area contributed by atoms with Gasteiger partial charge >= 0.3 is 0 Å². The summed E-state index contributed by atoms with van der Waals surface area (Å²) >= 11 is 0. The fraction of sp³-hybridized carbons (Fsp3) is 0.385. The molecule has 0 aliphatic carbocycles. The van der Waals surface area contributed by atoms with Gasteiger partial charge < -0.3 is 5.32 Å². The summed E-state index contributed by atoms with van der Waals surface area (Å²) in [4.78, 5) is 0. The molecule has 0 heterocycles. The molecule has 1 nitrogen and oxygen atoms in total. The Hall–Kier alpha value is -1.40. The zero-order valence-corrected chi connectivity index (χ0v) is 9.05. The molecule has 3 heteroatoms. The van der Waals surface area contributed by atoms with Gasteiger partial charge in [0, 0.05) is 18.5 Å². The Balaban J connectivity index is 2.37. The van der Waals surface area contributed by atoms with Crippen molar-refractivity contribution in [3.63, 3.8) is 0 Å². The molecule has 1 N–H and O–H groups in total. The maximum atomic E-state index is 12.4. The highest BCUT2D eigenvalue weighted by atomic mass is 19.3. The van der Waals surface area contributed by atoms with Gasteiger partial charge in [-0.2, -0.15) is 0 Å². The topological polar surface area (TPSA) is 12.0 Å². The van der Waals surface area contributed by atoms with Gasteiger partial charge in [-0.3, -0.25) is 0 Å². The van der Waals surface area contributed by atoms with E-state index in [9.17, 15) is 8.78 Å². The minimum atomic E-state index is -2.40. The molecule has 0 bridgehead atoms. The molecule has 0 saturated heterocycles. The molecule has 0 fully saturated rings. The third-order valence-electron chi connectivity index (χ3n) is 2.21. The Morgan fingerprint density at radius 2 is 2.19 bits per heavy atom. The van der Waals surface area contributed by atoms with E-state index in [1.807, 2.05) is 6.07 Å². The van der Waals surface area contributed by atoms with Crippen molar-refractivity contribution in [3.8, 4) is 12.3 Å². The predicted molar refractivity (Wildman–Crippen MR) is 61.2 cm³/mol. The van der Waals surface area contributed by atoms with Crippen LogP contribution in [0.5, 0.6) is 0 Å². The lowest BCUT2D eigenvalue weighted by Gasteiger charge is -2.06. The Bertz CT molecular complexity index is 355. The number of halogens is 2. The summed E-state index contributed by atoms with van der Waals surface area (Å²) in [6.45, 7) is 1.41. The maximum Gasteiger partial charge on any atom is 0.263 e. The highest BCUT2D eigenvalue weighted by molar-refractivity contribution is 5.24. The molecule has 0 amide bonds. The Kier molecular flexibility index (Phi) is 5.52. The number of hydrogen-bond donors (Lipinski definition) is 1. The van der Waals surface area contributed by atoms with Gasteiger partial charge in [-0.05, 0) is 24.6 Å². The quantitative estimate of drug-likeness (QED) is 0.577. The van der Waals surface area contributed by atoms with Crippen molar-refractivity contribution >= 4 is 0 Å². The number of terminal acetylenes is 1. The van der Waals surface area contributed by atoms with Crippen molar-refractivity contribution in [3.05, 3.63) is 35.4 Å². The van der Waals surface area contributed by atoms with Crippen LogP contribution in [-0.4, -0.2) is 6.54 Å². The Morgan fingerprint density at radius 1 is 1.38 bits per heavy atom. The Morgan fingerprint density at radius 3 is 2.88 bits per heavy atom. The van der Waals surface area contributed by atoms with Crippen LogP contribution < -0.4 is 5.32 Å². The zero-order valence-electron chi connectivity index (χ0n) is 9.05. The van der Waals surface area contributed by atoms with Crippen LogP contribution in [0.15, 0.2) is 24.3 Å². The summed E-state index contributed by atoms with van der Waals surface area (Å²) in [7, 11) is 0. The lowest BCUT2D eigenvalue weighted by atomic mass is 10.1. The first-order valence-corrected chi connectivity index (χ1v) is 5.25. The highest BCUT2D eigenvalue weighted by Crippen LogP contribution is 2.19. The van der Waals surface area contributed by atoms with Gasteiger partial charge in [0.25, 0.3) is 6.43 Å². The van der Waals surface area contributed by atoms with E-state index in [2.05, 4.69) is 11.2 Å². The van der Waals surface area contributed by atoms with E-state index in [0.29, 0.717) is 6.54 Å². The summed E-state index contributed by atoms with van der Waals surface area (Å²) in [5, 5.41) is 3.16. The van der Waals surface area contributed by atoms with E-state index >= 15 is 0 Å². The van der Waals surface area contributed by atoms with E-state index in [1.54, 1.807) is 6.07 Å². The summed E-state index contributed by atoms with van der Waals surface area (Å²) in [5.41, 5.74) is 0.946. The van der Waals surface area contributed by atoms with Crippen LogP contribution in [-0.2, 0) is 6.54 Å². The normalized spacial score (nSPS) is 10.4. The second-order valence-corrected chi connectivity index (χ2v) is 3.53. The van der Waals surface area contributed by atoms with Crippen LogP contribution in [0, 0.1) is 12.3 Å². The molecule has 0 spiro atoms. The first-order valence-electron chi connectivity index (χ1n) is 5.25. The molecular formula is C13H15F2N. The molecule has 0 atom stereocenters. The molecule has 1 aromatic rings. The van der Waals surface area contributed by atoms with Crippen molar-refractivity contribution in [2.75, 3.05) is 6.54 Å². The van der Waals surface area contributed by atoms with Crippen LogP contribution >= 0.6 is 0 Å². The molecule has 0 aliphatic rings. The van der Waals surface area contributed by atoms with E-state index in [0.717, 1.165) is 24.9 Å². The maximum absolute atomic E-state index is 12.4. The number of unbranched alkanes of at least 4 members (excludes halogenated alkanes) is 1. The standard InChI is InChI=1S/C13H15F2N/c1-2-3-4-8-16-10-11-6-5-7-12(9-11)13(14)15/h1,5-7,9,13,16H,3-4,8,10H2. The van der Waals surface area contributed by atoms with Gasteiger partial charge in [-0.1, -0.05) is 18.2 Å². The minimum Gasteiger partial charge on any atom is -0.313 e. The third-order valence-corrected chi connectivity index (χ3v) is 2.21. The fourth-order valence-corrected chi connectivity index (χ4v) is 1.39. The molecule has 86 valence electrons. The number of nitrogens with one attached hydrogen (secondary N) is 1. The van der Waals surface area contributed by atoms with E-state index < -0.39 is 6.43 Å². The van der Waals surface area contributed by atoms with Gasteiger partial charge in [0.15, 0.2) is 0 Å². The second-order valence-electron chi connectivity index (χ2n) is 3.53. The molecule has 16 heavy (non-hydrogen) atoms. The molecule has 0 aliphatic heterocycles. The van der Waals surface area contributed by atoms with Gasteiger partial charge in [0.2, 0.25) is 0 Å². The Labute approximate surface area is 94.9 Å². The molecule has 0 aromatic heterocycles. The minimum absolute atomic E-state index is 0.0722. The SMILES string of the molecule is C#CCCCNCc1cccc(C(F)F)c1. The van der Waals surface area contributed by atoms with Gasteiger partial charge in [-0.25, -0.2) is 8.78 Å². The zero-order chi connectivity index (χ0) is 11.8. The molecule has 1 aromatic carbocycles. The van der Waals surface area contributed by atoms with Crippen LogP contribution in [0.4, 0.5) is 8.78 Å². The third kappa shape index (κ3) is 4.41. The van der Waals surface area contributed by atoms with Gasteiger partial charge in [0.1, 0.15) is 0 Å². The molecule has 0 saturated carbocycles. The van der Waals surface area contributed by atoms with Crippen molar-refractivity contribution in [1.82, 2.24) is 5.32 Å². The molecule has 0 radical (unpaired) electrons. The van der Waals surface area contributed by atoms with E-state index in [1.165, 1.54) is 12.1 Å². The second kappa shape index (κ2) is 6.97. The first-order chi connectivity index (χ1) is 7.74.